The van der Waals surface area contributed by atoms with E-state index in [0.29, 0.717) is 10.7 Å². The zero-order valence-corrected chi connectivity index (χ0v) is 12.8. The maximum atomic E-state index is 12.2. The summed E-state index contributed by atoms with van der Waals surface area (Å²) in [5.74, 6) is -0.353. The van der Waals surface area contributed by atoms with Gasteiger partial charge in [0.25, 0.3) is 5.91 Å². The Hall–Kier alpha value is -2.18. The normalized spacial score (nSPS) is 10.5. The average molecular weight is 316 g/mol. The summed E-state index contributed by atoms with van der Waals surface area (Å²) in [6.45, 7) is 1.75. The molecule has 3 aromatic rings. The first-order valence-corrected chi connectivity index (χ1v) is 8.00. The molecule has 0 fully saturated rings. The van der Waals surface area contributed by atoms with Crippen LogP contribution in [0, 0.1) is 6.92 Å². The van der Waals surface area contributed by atoms with Gasteiger partial charge in [-0.1, -0.05) is 18.2 Å². The van der Waals surface area contributed by atoms with E-state index >= 15 is 0 Å². The molecule has 2 aromatic heterocycles. The molecule has 0 saturated heterocycles. The number of para-hydroxylation sites is 1. The Morgan fingerprint density at radius 1 is 1.24 bits per heavy atom. The van der Waals surface area contributed by atoms with Gasteiger partial charge in [-0.2, -0.15) is 0 Å². The van der Waals surface area contributed by atoms with Crippen LogP contribution in [0.5, 0.6) is 5.75 Å². The van der Waals surface area contributed by atoms with E-state index in [1.165, 1.54) is 11.3 Å². The second-order valence-corrected chi connectivity index (χ2v) is 6.25. The summed E-state index contributed by atoms with van der Waals surface area (Å²) in [7, 11) is 0. The molecule has 0 atom stereocenters. The SMILES string of the molecule is Cc1cccc(C(=O)Nc2nc(-c3cccs3)cs2)c1O. The fraction of sp³-hybridized carbons (Fsp3) is 0.0667. The summed E-state index contributed by atoms with van der Waals surface area (Å²) in [5, 5.41) is 17.0. The molecule has 0 bridgehead atoms. The number of aryl methyl sites for hydroxylation is 1. The zero-order valence-electron chi connectivity index (χ0n) is 11.2. The summed E-state index contributed by atoms with van der Waals surface area (Å²) >= 11 is 2.96. The first-order valence-electron chi connectivity index (χ1n) is 6.24. The lowest BCUT2D eigenvalue weighted by molar-refractivity contribution is 0.102. The Kier molecular flexibility index (Phi) is 3.72. The molecular formula is C15H12N2O2S2. The molecule has 0 saturated carbocycles. The Morgan fingerprint density at radius 2 is 2.10 bits per heavy atom. The number of nitrogens with zero attached hydrogens (tertiary/aromatic N) is 1. The van der Waals surface area contributed by atoms with E-state index < -0.39 is 0 Å². The van der Waals surface area contributed by atoms with Crippen molar-refractivity contribution in [2.75, 3.05) is 5.32 Å². The predicted octanol–water partition coefficient (Wildman–Crippen LogP) is 4.14. The van der Waals surface area contributed by atoms with Crippen molar-refractivity contribution in [1.82, 2.24) is 4.98 Å². The summed E-state index contributed by atoms with van der Waals surface area (Å²) in [6, 6.07) is 9.03. The Balaban J connectivity index is 1.81. The third kappa shape index (κ3) is 2.81. The van der Waals surface area contributed by atoms with Crippen LogP contribution in [0.3, 0.4) is 0 Å². The number of hydrogen-bond acceptors (Lipinski definition) is 5. The highest BCUT2D eigenvalue weighted by atomic mass is 32.1. The lowest BCUT2D eigenvalue weighted by atomic mass is 10.1. The van der Waals surface area contributed by atoms with E-state index in [2.05, 4.69) is 10.3 Å². The van der Waals surface area contributed by atoms with Gasteiger partial charge in [0.15, 0.2) is 5.13 Å². The maximum Gasteiger partial charge on any atom is 0.261 e. The monoisotopic (exact) mass is 316 g/mol. The topological polar surface area (TPSA) is 62.2 Å². The molecule has 0 aliphatic rings. The van der Waals surface area contributed by atoms with Gasteiger partial charge in [0.1, 0.15) is 5.75 Å². The third-order valence-corrected chi connectivity index (χ3v) is 4.63. The second kappa shape index (κ2) is 5.67. The number of amides is 1. The number of anilines is 1. The van der Waals surface area contributed by atoms with Crippen molar-refractivity contribution in [2.45, 2.75) is 6.92 Å². The van der Waals surface area contributed by atoms with Crippen LogP contribution in [-0.2, 0) is 0 Å². The number of rotatable bonds is 3. The molecule has 6 heteroatoms. The van der Waals surface area contributed by atoms with E-state index in [1.54, 1.807) is 36.5 Å². The molecule has 1 aromatic carbocycles. The van der Waals surface area contributed by atoms with Crippen LogP contribution in [0.4, 0.5) is 5.13 Å². The van der Waals surface area contributed by atoms with Crippen LogP contribution in [0.1, 0.15) is 15.9 Å². The summed E-state index contributed by atoms with van der Waals surface area (Å²) in [6.07, 6.45) is 0. The quantitative estimate of drug-likeness (QED) is 0.763. The van der Waals surface area contributed by atoms with Crippen LogP contribution >= 0.6 is 22.7 Å². The number of aromatic hydroxyl groups is 1. The van der Waals surface area contributed by atoms with Gasteiger partial charge >= 0.3 is 0 Å². The lowest BCUT2D eigenvalue weighted by Crippen LogP contribution is -2.12. The molecule has 2 heterocycles. The molecule has 0 unspecified atom stereocenters. The van der Waals surface area contributed by atoms with Crippen LogP contribution < -0.4 is 5.32 Å². The molecule has 21 heavy (non-hydrogen) atoms. The van der Waals surface area contributed by atoms with Crippen molar-refractivity contribution in [1.29, 1.82) is 0 Å². The van der Waals surface area contributed by atoms with Crippen molar-refractivity contribution >= 4 is 33.7 Å². The number of aromatic nitrogens is 1. The van der Waals surface area contributed by atoms with Gasteiger partial charge in [-0.25, -0.2) is 4.98 Å². The van der Waals surface area contributed by atoms with Gasteiger partial charge in [0, 0.05) is 5.38 Å². The molecule has 0 radical (unpaired) electrons. The zero-order chi connectivity index (χ0) is 14.8. The minimum absolute atomic E-state index is 0.00466. The Morgan fingerprint density at radius 3 is 2.86 bits per heavy atom. The molecular weight excluding hydrogens is 304 g/mol. The van der Waals surface area contributed by atoms with Gasteiger partial charge in [0.05, 0.1) is 16.1 Å². The number of phenolic OH excluding ortho intramolecular Hbond substituents is 1. The van der Waals surface area contributed by atoms with Crippen LogP contribution in [0.2, 0.25) is 0 Å². The molecule has 0 aliphatic carbocycles. The highest BCUT2D eigenvalue weighted by Gasteiger charge is 2.14. The van der Waals surface area contributed by atoms with Gasteiger partial charge in [-0.05, 0) is 30.0 Å². The van der Waals surface area contributed by atoms with Crippen molar-refractivity contribution in [3.8, 4) is 16.3 Å². The lowest BCUT2D eigenvalue weighted by Gasteiger charge is -2.06. The minimum atomic E-state index is -0.358. The predicted molar refractivity (Wildman–Crippen MR) is 86.2 cm³/mol. The standard InChI is InChI=1S/C15H12N2O2S2/c1-9-4-2-5-10(13(9)18)14(19)17-15-16-11(8-21-15)12-6-3-7-20-12/h2-8,18H,1H3,(H,16,17,19). The molecule has 1 amide bonds. The number of nitrogens with one attached hydrogen (secondary N) is 1. The Bertz CT molecular complexity index is 779. The number of carbonyl (C=O) groups is 1. The van der Waals surface area contributed by atoms with Crippen molar-refractivity contribution in [3.63, 3.8) is 0 Å². The molecule has 4 nitrogen and oxygen atoms in total. The smallest absolute Gasteiger partial charge is 0.261 e. The van der Waals surface area contributed by atoms with E-state index in [1.807, 2.05) is 22.9 Å². The second-order valence-electron chi connectivity index (χ2n) is 4.44. The molecule has 3 rings (SSSR count). The summed E-state index contributed by atoms with van der Waals surface area (Å²) in [5.41, 5.74) is 1.77. The number of benzene rings is 1. The number of phenols is 1. The van der Waals surface area contributed by atoms with Crippen LogP contribution in [0.25, 0.3) is 10.6 Å². The third-order valence-electron chi connectivity index (χ3n) is 2.98. The van der Waals surface area contributed by atoms with Crippen LogP contribution in [0.15, 0.2) is 41.1 Å². The molecule has 0 aliphatic heterocycles. The largest absolute Gasteiger partial charge is 0.507 e. The van der Waals surface area contributed by atoms with E-state index in [0.717, 1.165) is 10.6 Å². The fourth-order valence-corrected chi connectivity index (χ4v) is 3.34. The summed E-state index contributed by atoms with van der Waals surface area (Å²) in [4.78, 5) is 17.6. The minimum Gasteiger partial charge on any atom is -0.507 e. The van der Waals surface area contributed by atoms with Crippen LogP contribution in [-0.4, -0.2) is 16.0 Å². The van der Waals surface area contributed by atoms with Gasteiger partial charge in [-0.3, -0.25) is 10.1 Å². The molecule has 106 valence electrons. The van der Waals surface area contributed by atoms with Crippen molar-refractivity contribution in [2.24, 2.45) is 0 Å². The number of carbonyl (C=O) groups excluding carboxylic acids is 1. The Labute approximate surface area is 129 Å². The van der Waals surface area contributed by atoms with E-state index in [-0.39, 0.29) is 17.2 Å². The van der Waals surface area contributed by atoms with E-state index in [9.17, 15) is 9.90 Å². The molecule has 0 spiro atoms. The highest BCUT2D eigenvalue weighted by molar-refractivity contribution is 7.16. The number of thiazole rings is 1. The van der Waals surface area contributed by atoms with Crippen molar-refractivity contribution < 1.29 is 9.90 Å². The first kappa shape index (κ1) is 13.8. The first-order chi connectivity index (χ1) is 10.1. The number of thiophene rings is 1. The fourth-order valence-electron chi connectivity index (χ4n) is 1.88. The van der Waals surface area contributed by atoms with Gasteiger partial charge < -0.3 is 5.11 Å². The highest BCUT2D eigenvalue weighted by Crippen LogP contribution is 2.29. The van der Waals surface area contributed by atoms with E-state index in [4.69, 9.17) is 0 Å². The van der Waals surface area contributed by atoms with Crippen molar-refractivity contribution in [3.05, 3.63) is 52.2 Å². The van der Waals surface area contributed by atoms with Gasteiger partial charge in [0.2, 0.25) is 0 Å². The summed E-state index contributed by atoms with van der Waals surface area (Å²) < 4.78 is 0. The molecule has 2 N–H and O–H groups in total. The number of hydrogen-bond donors (Lipinski definition) is 2. The van der Waals surface area contributed by atoms with Gasteiger partial charge in [-0.15, -0.1) is 22.7 Å². The maximum absolute atomic E-state index is 12.2. The average Bonchev–Trinajstić information content (AvgIpc) is 3.12.